The number of carbonyl (C=O) groups is 1. The molecule has 0 spiro atoms. The lowest BCUT2D eigenvalue weighted by molar-refractivity contribution is 0.0984. The summed E-state index contributed by atoms with van der Waals surface area (Å²) in [6.45, 7) is 0.666. The summed E-state index contributed by atoms with van der Waals surface area (Å²) in [5.41, 5.74) is 2.50. The molecule has 0 saturated heterocycles. The highest BCUT2D eigenvalue weighted by atomic mass is 16.5. The molecule has 0 bridgehead atoms. The maximum atomic E-state index is 13.0. The number of carbonyl (C=O) groups excluding carboxylic acids is 1. The Labute approximate surface area is 141 Å². The molecule has 1 aliphatic heterocycles. The normalized spacial score (nSPS) is 13.2. The zero-order chi connectivity index (χ0) is 17.1. The standard InChI is InChI=1S/C19H21NO4/c1-22-14-7-4-6-13(10-14)19(21)20-9-5-8-16-17(20)11-15(23-2)12-18(16)24-3/h4,6-7,10-12H,5,8-9H2,1-3H3. The van der Waals surface area contributed by atoms with E-state index in [0.717, 1.165) is 29.8 Å². The fourth-order valence-electron chi connectivity index (χ4n) is 3.06. The molecule has 0 atom stereocenters. The molecule has 1 heterocycles. The van der Waals surface area contributed by atoms with Crippen LogP contribution in [0.3, 0.4) is 0 Å². The van der Waals surface area contributed by atoms with Gasteiger partial charge in [0.1, 0.15) is 17.2 Å². The van der Waals surface area contributed by atoms with Crippen LogP contribution in [0.15, 0.2) is 36.4 Å². The van der Waals surface area contributed by atoms with Gasteiger partial charge in [0, 0.05) is 29.8 Å². The molecule has 0 aliphatic carbocycles. The number of methoxy groups -OCH3 is 3. The van der Waals surface area contributed by atoms with Crippen molar-refractivity contribution in [2.45, 2.75) is 12.8 Å². The Kier molecular flexibility index (Phi) is 4.60. The second kappa shape index (κ2) is 6.83. The zero-order valence-electron chi connectivity index (χ0n) is 14.2. The van der Waals surface area contributed by atoms with Crippen molar-refractivity contribution in [1.29, 1.82) is 0 Å². The van der Waals surface area contributed by atoms with Crippen molar-refractivity contribution >= 4 is 11.6 Å². The molecule has 0 N–H and O–H groups in total. The largest absolute Gasteiger partial charge is 0.497 e. The summed E-state index contributed by atoms with van der Waals surface area (Å²) >= 11 is 0. The molecule has 0 unspecified atom stereocenters. The number of hydrogen-bond donors (Lipinski definition) is 0. The Morgan fingerprint density at radius 2 is 1.79 bits per heavy atom. The molecular weight excluding hydrogens is 306 g/mol. The molecule has 126 valence electrons. The van der Waals surface area contributed by atoms with Gasteiger partial charge in [-0.1, -0.05) is 6.07 Å². The van der Waals surface area contributed by atoms with Crippen molar-refractivity contribution in [2.75, 3.05) is 32.8 Å². The number of hydrogen-bond acceptors (Lipinski definition) is 4. The van der Waals surface area contributed by atoms with Gasteiger partial charge < -0.3 is 19.1 Å². The van der Waals surface area contributed by atoms with Crippen molar-refractivity contribution in [3.05, 3.63) is 47.5 Å². The van der Waals surface area contributed by atoms with E-state index in [9.17, 15) is 4.79 Å². The predicted octanol–water partition coefficient (Wildman–Crippen LogP) is 3.31. The fourth-order valence-corrected chi connectivity index (χ4v) is 3.06. The maximum Gasteiger partial charge on any atom is 0.258 e. The van der Waals surface area contributed by atoms with Gasteiger partial charge in [0.25, 0.3) is 5.91 Å². The summed E-state index contributed by atoms with van der Waals surface area (Å²) in [7, 11) is 4.84. The highest BCUT2D eigenvalue weighted by molar-refractivity contribution is 6.07. The molecule has 24 heavy (non-hydrogen) atoms. The molecular formula is C19H21NO4. The van der Waals surface area contributed by atoms with E-state index in [0.29, 0.717) is 23.6 Å². The van der Waals surface area contributed by atoms with Crippen molar-refractivity contribution in [3.8, 4) is 17.2 Å². The van der Waals surface area contributed by atoms with E-state index in [1.54, 1.807) is 38.4 Å². The van der Waals surface area contributed by atoms with Gasteiger partial charge in [-0.15, -0.1) is 0 Å². The molecule has 5 heteroatoms. The third kappa shape index (κ3) is 2.89. The van der Waals surface area contributed by atoms with Crippen LogP contribution in [-0.2, 0) is 6.42 Å². The Balaban J connectivity index is 2.03. The van der Waals surface area contributed by atoms with Crippen LogP contribution in [0.2, 0.25) is 0 Å². The number of amides is 1. The molecule has 0 saturated carbocycles. The Morgan fingerprint density at radius 3 is 2.50 bits per heavy atom. The number of fused-ring (bicyclic) bond motifs is 1. The van der Waals surface area contributed by atoms with Crippen LogP contribution in [0.5, 0.6) is 17.2 Å². The molecule has 1 amide bonds. The lowest BCUT2D eigenvalue weighted by atomic mass is 9.99. The summed E-state index contributed by atoms with van der Waals surface area (Å²) < 4.78 is 16.1. The van der Waals surface area contributed by atoms with Crippen LogP contribution in [0, 0.1) is 0 Å². The van der Waals surface area contributed by atoms with E-state index in [4.69, 9.17) is 14.2 Å². The van der Waals surface area contributed by atoms with Crippen molar-refractivity contribution in [1.82, 2.24) is 0 Å². The van der Waals surface area contributed by atoms with Gasteiger partial charge in [0.05, 0.1) is 27.0 Å². The molecule has 5 nitrogen and oxygen atoms in total. The van der Waals surface area contributed by atoms with Crippen LogP contribution in [0.4, 0.5) is 5.69 Å². The Bertz CT molecular complexity index is 757. The lowest BCUT2D eigenvalue weighted by Gasteiger charge is -2.31. The molecule has 2 aromatic carbocycles. The molecule has 0 aromatic heterocycles. The molecule has 0 radical (unpaired) electrons. The van der Waals surface area contributed by atoms with Gasteiger partial charge in [-0.2, -0.15) is 0 Å². The third-order valence-corrected chi connectivity index (χ3v) is 4.28. The number of rotatable bonds is 4. The van der Waals surface area contributed by atoms with E-state index >= 15 is 0 Å². The van der Waals surface area contributed by atoms with Crippen LogP contribution < -0.4 is 19.1 Å². The molecule has 2 aromatic rings. The maximum absolute atomic E-state index is 13.0. The Morgan fingerprint density at radius 1 is 1.00 bits per heavy atom. The minimum Gasteiger partial charge on any atom is -0.497 e. The molecule has 1 aliphatic rings. The third-order valence-electron chi connectivity index (χ3n) is 4.28. The van der Waals surface area contributed by atoms with Crippen LogP contribution in [0.1, 0.15) is 22.3 Å². The summed E-state index contributed by atoms with van der Waals surface area (Å²) in [6.07, 6.45) is 1.77. The van der Waals surface area contributed by atoms with E-state index in [1.807, 2.05) is 24.3 Å². The average Bonchev–Trinajstić information content (AvgIpc) is 2.65. The fraction of sp³-hybridized carbons (Fsp3) is 0.316. The second-order valence-corrected chi connectivity index (χ2v) is 5.62. The van der Waals surface area contributed by atoms with Gasteiger partial charge in [0.15, 0.2) is 0 Å². The minimum absolute atomic E-state index is 0.0508. The van der Waals surface area contributed by atoms with Crippen LogP contribution in [-0.4, -0.2) is 33.8 Å². The van der Waals surface area contributed by atoms with Gasteiger partial charge in [-0.3, -0.25) is 4.79 Å². The monoisotopic (exact) mass is 327 g/mol. The van der Waals surface area contributed by atoms with Gasteiger partial charge in [-0.25, -0.2) is 0 Å². The van der Waals surface area contributed by atoms with Gasteiger partial charge in [0.2, 0.25) is 0 Å². The highest BCUT2D eigenvalue weighted by Crippen LogP contribution is 2.39. The van der Waals surface area contributed by atoms with E-state index < -0.39 is 0 Å². The number of nitrogens with zero attached hydrogens (tertiary/aromatic N) is 1. The second-order valence-electron chi connectivity index (χ2n) is 5.62. The molecule has 0 fully saturated rings. The van der Waals surface area contributed by atoms with E-state index in [-0.39, 0.29) is 5.91 Å². The minimum atomic E-state index is -0.0508. The van der Waals surface area contributed by atoms with E-state index in [2.05, 4.69) is 0 Å². The summed E-state index contributed by atoms with van der Waals surface area (Å²) in [5, 5.41) is 0. The van der Waals surface area contributed by atoms with Crippen molar-refractivity contribution in [3.63, 3.8) is 0 Å². The topological polar surface area (TPSA) is 48.0 Å². The van der Waals surface area contributed by atoms with Gasteiger partial charge >= 0.3 is 0 Å². The van der Waals surface area contributed by atoms with Crippen molar-refractivity contribution < 1.29 is 19.0 Å². The first kappa shape index (κ1) is 16.2. The predicted molar refractivity (Wildman–Crippen MR) is 92.5 cm³/mol. The quantitative estimate of drug-likeness (QED) is 0.864. The number of ether oxygens (including phenoxy) is 3. The molecule has 3 rings (SSSR count). The summed E-state index contributed by atoms with van der Waals surface area (Å²) in [5.74, 6) is 2.05. The highest BCUT2D eigenvalue weighted by Gasteiger charge is 2.27. The first-order valence-electron chi connectivity index (χ1n) is 7.88. The number of benzene rings is 2. The smallest absolute Gasteiger partial charge is 0.258 e. The average molecular weight is 327 g/mol. The first-order chi connectivity index (χ1) is 11.7. The summed E-state index contributed by atoms with van der Waals surface area (Å²) in [4.78, 5) is 14.8. The number of anilines is 1. The summed E-state index contributed by atoms with van der Waals surface area (Å²) in [6, 6.07) is 11.0. The van der Waals surface area contributed by atoms with E-state index in [1.165, 1.54) is 0 Å². The first-order valence-corrected chi connectivity index (χ1v) is 7.88. The Hall–Kier alpha value is -2.69. The SMILES string of the molecule is COc1cccc(C(=O)N2CCCc3c(OC)cc(OC)cc32)c1. The van der Waals surface area contributed by atoms with Crippen molar-refractivity contribution in [2.24, 2.45) is 0 Å². The van der Waals surface area contributed by atoms with Crippen LogP contribution >= 0.6 is 0 Å². The zero-order valence-corrected chi connectivity index (χ0v) is 14.2. The van der Waals surface area contributed by atoms with Crippen LogP contribution in [0.25, 0.3) is 0 Å². The lowest BCUT2D eigenvalue weighted by Crippen LogP contribution is -2.35. The van der Waals surface area contributed by atoms with Gasteiger partial charge in [-0.05, 0) is 31.0 Å².